The molecule has 0 bridgehead atoms. The van der Waals surface area contributed by atoms with Crippen molar-refractivity contribution in [1.29, 1.82) is 0 Å². The van der Waals surface area contributed by atoms with Crippen LogP contribution >= 0.6 is 0 Å². The van der Waals surface area contributed by atoms with Crippen LogP contribution < -0.4 is 10.1 Å². The molecule has 1 aliphatic carbocycles. The van der Waals surface area contributed by atoms with Crippen LogP contribution in [0.25, 0.3) is 0 Å². The third kappa shape index (κ3) is 8.87. The molecule has 0 atom stereocenters. The molecule has 3 heteroatoms. The second-order valence-corrected chi connectivity index (χ2v) is 7.78. The van der Waals surface area contributed by atoms with Crippen LogP contribution in [0.2, 0.25) is 0 Å². The van der Waals surface area contributed by atoms with Crippen molar-refractivity contribution >= 4 is 0 Å². The maximum atomic E-state index is 5.84. The number of nitrogens with one attached hydrogen (secondary N) is 1. The Bertz CT molecular complexity index is 765. The van der Waals surface area contributed by atoms with Crippen LogP contribution in [0.1, 0.15) is 49.7 Å². The monoisotopic (exact) mass is 405 g/mol. The van der Waals surface area contributed by atoms with Gasteiger partial charge >= 0.3 is 0 Å². The summed E-state index contributed by atoms with van der Waals surface area (Å²) in [5.74, 6) is 0.911. The molecule has 0 heterocycles. The quantitative estimate of drug-likeness (QED) is 0.379. The lowest BCUT2D eigenvalue weighted by Crippen LogP contribution is -2.15. The van der Waals surface area contributed by atoms with Crippen molar-refractivity contribution < 1.29 is 9.47 Å². The number of benzene rings is 2. The fraction of sp³-hybridized carbons (Fsp3) is 0.407. The van der Waals surface area contributed by atoms with Crippen molar-refractivity contribution in [2.75, 3.05) is 19.8 Å². The molecule has 0 unspecified atom stereocenters. The van der Waals surface area contributed by atoms with Crippen molar-refractivity contribution in [3.05, 3.63) is 89.6 Å². The van der Waals surface area contributed by atoms with E-state index in [9.17, 15) is 0 Å². The van der Waals surface area contributed by atoms with E-state index in [1.807, 2.05) is 30.3 Å². The van der Waals surface area contributed by atoms with Gasteiger partial charge in [0.15, 0.2) is 0 Å². The average Bonchev–Trinajstić information content (AvgIpc) is 2.81. The molecule has 0 spiro atoms. The second-order valence-electron chi connectivity index (χ2n) is 7.78. The Labute approximate surface area is 181 Å². The molecule has 1 N–H and O–H groups in total. The molecule has 2 aromatic rings. The Morgan fingerprint density at radius 1 is 0.800 bits per heavy atom. The van der Waals surface area contributed by atoms with Gasteiger partial charge in [0.1, 0.15) is 12.4 Å². The first kappa shape index (κ1) is 22.2. The van der Waals surface area contributed by atoms with Crippen molar-refractivity contribution in [2.45, 2.75) is 51.6 Å². The molecule has 30 heavy (non-hydrogen) atoms. The molecule has 3 rings (SSSR count). The van der Waals surface area contributed by atoms with Crippen LogP contribution in [-0.2, 0) is 17.8 Å². The SMILES string of the molecule is C1=CCCC(NCCCCCCOCCc2ccc(OCc3ccccc3)cc2)=C1. The van der Waals surface area contributed by atoms with Gasteiger partial charge in [-0.3, -0.25) is 0 Å². The molecule has 2 aromatic carbocycles. The molecular formula is C27H35NO2. The molecule has 0 aliphatic heterocycles. The minimum absolute atomic E-state index is 0.606. The van der Waals surface area contributed by atoms with E-state index in [2.05, 4.69) is 47.8 Å². The number of ether oxygens (including phenoxy) is 2. The Morgan fingerprint density at radius 3 is 2.43 bits per heavy atom. The molecular weight excluding hydrogens is 370 g/mol. The summed E-state index contributed by atoms with van der Waals surface area (Å²) in [5.41, 5.74) is 3.86. The van der Waals surface area contributed by atoms with E-state index in [4.69, 9.17) is 9.47 Å². The van der Waals surface area contributed by atoms with Crippen LogP contribution in [0.4, 0.5) is 0 Å². The first-order chi connectivity index (χ1) is 14.9. The maximum absolute atomic E-state index is 5.84. The van der Waals surface area contributed by atoms with Gasteiger partial charge < -0.3 is 14.8 Å². The third-order valence-electron chi connectivity index (χ3n) is 5.29. The zero-order chi connectivity index (χ0) is 20.7. The molecule has 1 aliphatic rings. The lowest BCUT2D eigenvalue weighted by molar-refractivity contribution is 0.133. The number of allylic oxidation sites excluding steroid dienone is 4. The Balaban J connectivity index is 1.16. The van der Waals surface area contributed by atoms with Gasteiger partial charge in [-0.25, -0.2) is 0 Å². The van der Waals surface area contributed by atoms with Gasteiger partial charge in [-0.1, -0.05) is 67.5 Å². The molecule has 3 nitrogen and oxygen atoms in total. The number of unbranched alkanes of at least 4 members (excludes halogenated alkanes) is 3. The summed E-state index contributed by atoms with van der Waals surface area (Å²) in [6.45, 7) is 3.34. The third-order valence-corrected chi connectivity index (χ3v) is 5.29. The van der Waals surface area contributed by atoms with Crippen molar-refractivity contribution in [1.82, 2.24) is 5.32 Å². The van der Waals surface area contributed by atoms with E-state index in [-0.39, 0.29) is 0 Å². The smallest absolute Gasteiger partial charge is 0.119 e. The van der Waals surface area contributed by atoms with Gasteiger partial charge in [-0.05, 0) is 61.4 Å². The summed E-state index contributed by atoms with van der Waals surface area (Å²) in [6, 6.07) is 18.6. The predicted octanol–water partition coefficient (Wildman–Crippen LogP) is 6.21. The van der Waals surface area contributed by atoms with Crippen molar-refractivity contribution in [3.63, 3.8) is 0 Å². The fourth-order valence-corrected chi connectivity index (χ4v) is 3.47. The Hall–Kier alpha value is -2.52. The van der Waals surface area contributed by atoms with Gasteiger partial charge in [-0.2, -0.15) is 0 Å². The predicted molar refractivity (Wildman–Crippen MR) is 125 cm³/mol. The summed E-state index contributed by atoms with van der Waals surface area (Å²) < 4.78 is 11.6. The highest BCUT2D eigenvalue weighted by Gasteiger charge is 2.00. The van der Waals surface area contributed by atoms with Crippen LogP contribution in [0.5, 0.6) is 5.75 Å². The van der Waals surface area contributed by atoms with E-state index >= 15 is 0 Å². The zero-order valence-electron chi connectivity index (χ0n) is 18.0. The van der Waals surface area contributed by atoms with Gasteiger partial charge in [0.05, 0.1) is 6.61 Å². The lowest BCUT2D eigenvalue weighted by Gasteiger charge is -2.11. The number of hydrogen-bond donors (Lipinski definition) is 1. The summed E-state index contributed by atoms with van der Waals surface area (Å²) in [7, 11) is 0. The van der Waals surface area contributed by atoms with Gasteiger partial charge in [0, 0.05) is 18.8 Å². The Kier molecular flexibility index (Phi) is 10.1. The van der Waals surface area contributed by atoms with E-state index in [0.29, 0.717) is 6.61 Å². The normalized spacial score (nSPS) is 13.1. The van der Waals surface area contributed by atoms with Crippen LogP contribution in [0.15, 0.2) is 78.5 Å². The summed E-state index contributed by atoms with van der Waals surface area (Å²) >= 11 is 0. The topological polar surface area (TPSA) is 30.5 Å². The highest BCUT2D eigenvalue weighted by Crippen LogP contribution is 2.15. The van der Waals surface area contributed by atoms with Crippen molar-refractivity contribution in [3.8, 4) is 5.75 Å². The second kappa shape index (κ2) is 13.7. The highest BCUT2D eigenvalue weighted by atomic mass is 16.5. The average molecular weight is 406 g/mol. The molecule has 0 saturated carbocycles. The maximum Gasteiger partial charge on any atom is 0.119 e. The first-order valence-corrected chi connectivity index (χ1v) is 11.3. The fourth-order valence-electron chi connectivity index (χ4n) is 3.47. The van der Waals surface area contributed by atoms with E-state index in [0.717, 1.165) is 44.8 Å². The number of hydrogen-bond acceptors (Lipinski definition) is 3. The van der Waals surface area contributed by atoms with E-state index in [1.54, 1.807) is 0 Å². The highest BCUT2D eigenvalue weighted by molar-refractivity contribution is 5.28. The van der Waals surface area contributed by atoms with Gasteiger partial charge in [-0.15, -0.1) is 0 Å². The van der Waals surface area contributed by atoms with Crippen LogP contribution in [0.3, 0.4) is 0 Å². The number of rotatable bonds is 14. The lowest BCUT2D eigenvalue weighted by atomic mass is 10.1. The standard InChI is InChI=1S/C27H35NO2/c1(9-20-28-26-13-7-4-8-14-26)2-10-21-29-22-19-24-15-17-27(18-16-24)30-23-25-11-5-3-6-12-25/h3-7,11-13,15-18,28H,1-2,8-10,14,19-23H2. The van der Waals surface area contributed by atoms with Crippen LogP contribution in [-0.4, -0.2) is 19.8 Å². The van der Waals surface area contributed by atoms with E-state index in [1.165, 1.54) is 42.5 Å². The summed E-state index contributed by atoms with van der Waals surface area (Å²) in [6.07, 6.45) is 14.7. The molecule has 0 saturated heterocycles. The molecule has 160 valence electrons. The van der Waals surface area contributed by atoms with E-state index < -0.39 is 0 Å². The van der Waals surface area contributed by atoms with Crippen LogP contribution in [0, 0.1) is 0 Å². The molecule has 0 aromatic heterocycles. The van der Waals surface area contributed by atoms with Gasteiger partial charge in [0.25, 0.3) is 0 Å². The minimum atomic E-state index is 0.606. The molecule has 0 amide bonds. The molecule has 0 fully saturated rings. The summed E-state index contributed by atoms with van der Waals surface area (Å²) in [5, 5.41) is 3.54. The largest absolute Gasteiger partial charge is 0.489 e. The van der Waals surface area contributed by atoms with Gasteiger partial charge in [0.2, 0.25) is 0 Å². The summed E-state index contributed by atoms with van der Waals surface area (Å²) in [4.78, 5) is 0. The first-order valence-electron chi connectivity index (χ1n) is 11.3. The van der Waals surface area contributed by atoms with Crippen molar-refractivity contribution in [2.24, 2.45) is 0 Å². The minimum Gasteiger partial charge on any atom is -0.489 e. The Morgan fingerprint density at radius 2 is 1.63 bits per heavy atom. The zero-order valence-corrected chi connectivity index (χ0v) is 18.0. The molecule has 0 radical (unpaired) electrons.